The van der Waals surface area contributed by atoms with Gasteiger partial charge >= 0.3 is 0 Å². The van der Waals surface area contributed by atoms with Crippen molar-refractivity contribution in [2.45, 2.75) is 12.6 Å². The van der Waals surface area contributed by atoms with Crippen LogP contribution in [0, 0.1) is 10.1 Å². The Balaban J connectivity index is 1.70. The number of halogens is 1. The molecule has 0 amide bonds. The van der Waals surface area contributed by atoms with Crippen molar-refractivity contribution in [3.05, 3.63) is 51.0 Å². The van der Waals surface area contributed by atoms with Gasteiger partial charge in [0.15, 0.2) is 23.6 Å². The number of ether oxygens (including phenoxy) is 2. The molecule has 29 heavy (non-hydrogen) atoms. The van der Waals surface area contributed by atoms with Crippen LogP contribution in [0.3, 0.4) is 0 Å². The van der Waals surface area contributed by atoms with Crippen LogP contribution in [0.25, 0.3) is 11.0 Å². The molecule has 0 aliphatic carbocycles. The van der Waals surface area contributed by atoms with E-state index in [0.29, 0.717) is 41.7 Å². The van der Waals surface area contributed by atoms with Crippen molar-refractivity contribution in [3.63, 3.8) is 0 Å². The second kappa shape index (κ2) is 6.52. The third-order valence-corrected chi connectivity index (χ3v) is 5.09. The van der Waals surface area contributed by atoms with Gasteiger partial charge in [0.2, 0.25) is 5.95 Å². The number of nitro benzene ring substituents is 1. The second-order valence-corrected chi connectivity index (χ2v) is 7.03. The maximum atomic E-state index is 11.3. The first-order valence-corrected chi connectivity index (χ1v) is 9.25. The van der Waals surface area contributed by atoms with E-state index in [-0.39, 0.29) is 16.7 Å². The van der Waals surface area contributed by atoms with Gasteiger partial charge in [0.1, 0.15) is 5.02 Å². The third-order valence-electron chi connectivity index (χ3n) is 4.77. The van der Waals surface area contributed by atoms with E-state index < -0.39 is 11.1 Å². The SMILES string of the molecule is NC1=NC(c2ccc(Cl)c([N+](=O)[O-])c2)n2c(nc3cc4c(cc32)OCCCO4)N1. The average Bonchev–Trinajstić information content (AvgIpc) is 2.87. The number of rotatable bonds is 2. The van der Waals surface area contributed by atoms with Crippen molar-refractivity contribution >= 4 is 40.2 Å². The van der Waals surface area contributed by atoms with Gasteiger partial charge in [-0.25, -0.2) is 9.98 Å². The molecule has 0 saturated heterocycles. The van der Waals surface area contributed by atoms with Crippen LogP contribution >= 0.6 is 11.6 Å². The summed E-state index contributed by atoms with van der Waals surface area (Å²) in [5, 5.41) is 14.3. The monoisotopic (exact) mass is 414 g/mol. The third kappa shape index (κ3) is 2.88. The summed E-state index contributed by atoms with van der Waals surface area (Å²) in [7, 11) is 0. The van der Waals surface area contributed by atoms with E-state index in [1.54, 1.807) is 12.1 Å². The average molecular weight is 415 g/mol. The minimum Gasteiger partial charge on any atom is -0.489 e. The molecule has 1 aromatic heterocycles. The molecule has 0 saturated carbocycles. The Kier molecular flexibility index (Phi) is 3.95. The van der Waals surface area contributed by atoms with E-state index >= 15 is 0 Å². The number of aliphatic imine (C=N–C) groups is 1. The van der Waals surface area contributed by atoms with E-state index in [1.807, 2.05) is 10.6 Å². The fourth-order valence-electron chi connectivity index (χ4n) is 3.48. The number of benzene rings is 2. The minimum absolute atomic E-state index is 0.0521. The predicted molar refractivity (Wildman–Crippen MR) is 107 cm³/mol. The van der Waals surface area contributed by atoms with Crippen LogP contribution in [0.15, 0.2) is 35.3 Å². The Bertz CT molecular complexity index is 1190. The molecule has 3 heterocycles. The standard InChI is InChI=1S/C18H15ClN6O4/c19-10-3-2-9(6-12(10)25(26)27)16-22-17(20)23-18-21-11-7-14-15(8-13(11)24(16)18)29-5-1-4-28-14/h2-3,6-8,16H,1,4-5H2,(H3,20,21,22,23). The van der Waals surface area contributed by atoms with Crippen LogP contribution in [0.4, 0.5) is 11.6 Å². The van der Waals surface area contributed by atoms with Crippen LogP contribution < -0.4 is 20.5 Å². The van der Waals surface area contributed by atoms with E-state index in [0.717, 1.165) is 11.9 Å². The molecule has 0 bridgehead atoms. The van der Waals surface area contributed by atoms with Crippen molar-refractivity contribution in [3.8, 4) is 11.5 Å². The minimum atomic E-state index is -0.656. The summed E-state index contributed by atoms with van der Waals surface area (Å²) in [6.07, 6.45) is 0.133. The summed E-state index contributed by atoms with van der Waals surface area (Å²) < 4.78 is 13.3. The number of imidazole rings is 1. The fraction of sp³-hybridized carbons (Fsp3) is 0.222. The summed E-state index contributed by atoms with van der Waals surface area (Å²) in [4.78, 5) is 19.8. The van der Waals surface area contributed by atoms with E-state index in [2.05, 4.69) is 15.3 Å². The highest BCUT2D eigenvalue weighted by Gasteiger charge is 2.28. The van der Waals surface area contributed by atoms with Crippen LogP contribution in [0.1, 0.15) is 18.2 Å². The zero-order valence-electron chi connectivity index (χ0n) is 15.0. The summed E-state index contributed by atoms with van der Waals surface area (Å²) in [6, 6.07) is 8.20. The number of fused-ring (bicyclic) bond motifs is 4. The van der Waals surface area contributed by atoms with E-state index in [9.17, 15) is 10.1 Å². The lowest BCUT2D eigenvalue weighted by atomic mass is 10.1. The number of nitrogens with zero attached hydrogens (tertiary/aromatic N) is 4. The van der Waals surface area contributed by atoms with Gasteiger partial charge in [-0.05, 0) is 6.07 Å². The number of hydrogen-bond donors (Lipinski definition) is 2. The van der Waals surface area contributed by atoms with Gasteiger partial charge in [0.05, 0.1) is 29.2 Å². The van der Waals surface area contributed by atoms with E-state index in [1.165, 1.54) is 12.1 Å². The van der Waals surface area contributed by atoms with Crippen LogP contribution in [0.2, 0.25) is 5.02 Å². The number of anilines is 1. The normalized spacial score (nSPS) is 17.8. The van der Waals surface area contributed by atoms with Crippen molar-refractivity contribution in [2.24, 2.45) is 10.7 Å². The van der Waals surface area contributed by atoms with Gasteiger partial charge in [-0.2, -0.15) is 0 Å². The molecule has 3 aromatic rings. The molecular formula is C18H15ClN6O4. The van der Waals surface area contributed by atoms with Gasteiger partial charge in [-0.1, -0.05) is 17.7 Å². The van der Waals surface area contributed by atoms with Gasteiger partial charge in [-0.3, -0.25) is 20.0 Å². The number of nitro groups is 1. The lowest BCUT2D eigenvalue weighted by Crippen LogP contribution is -2.31. The first-order valence-electron chi connectivity index (χ1n) is 8.87. The first kappa shape index (κ1) is 17.6. The number of hydrogen-bond acceptors (Lipinski definition) is 8. The highest BCUT2D eigenvalue weighted by atomic mass is 35.5. The van der Waals surface area contributed by atoms with Crippen LogP contribution in [0.5, 0.6) is 11.5 Å². The molecular weight excluding hydrogens is 400 g/mol. The molecule has 2 aromatic carbocycles. The second-order valence-electron chi connectivity index (χ2n) is 6.62. The lowest BCUT2D eigenvalue weighted by Gasteiger charge is -2.24. The summed E-state index contributed by atoms with van der Waals surface area (Å²) in [5.41, 5.74) is 7.69. The number of nitrogens with two attached hydrogens (primary N) is 1. The van der Waals surface area contributed by atoms with Crippen LogP contribution in [-0.2, 0) is 0 Å². The molecule has 2 aliphatic rings. The Labute approximate surface area is 169 Å². The predicted octanol–water partition coefficient (Wildman–Crippen LogP) is 3.05. The zero-order valence-corrected chi connectivity index (χ0v) is 15.7. The summed E-state index contributed by atoms with van der Waals surface area (Å²) in [6.45, 7) is 1.12. The molecule has 11 heteroatoms. The number of guanidine groups is 1. The van der Waals surface area contributed by atoms with Crippen molar-refractivity contribution in [1.82, 2.24) is 9.55 Å². The molecule has 5 rings (SSSR count). The molecule has 2 aliphatic heterocycles. The van der Waals surface area contributed by atoms with E-state index in [4.69, 9.17) is 26.8 Å². The smallest absolute Gasteiger partial charge is 0.288 e. The van der Waals surface area contributed by atoms with Crippen LogP contribution in [-0.4, -0.2) is 33.6 Å². The topological polar surface area (TPSA) is 130 Å². The van der Waals surface area contributed by atoms with Crippen molar-refractivity contribution in [1.29, 1.82) is 0 Å². The van der Waals surface area contributed by atoms with Gasteiger partial charge < -0.3 is 15.2 Å². The molecule has 10 nitrogen and oxygen atoms in total. The summed E-state index contributed by atoms with van der Waals surface area (Å²) >= 11 is 5.96. The van der Waals surface area contributed by atoms with Gasteiger partial charge in [0, 0.05) is 30.2 Å². The van der Waals surface area contributed by atoms with Crippen molar-refractivity contribution < 1.29 is 14.4 Å². The Hall–Kier alpha value is -3.53. The molecule has 1 atom stereocenters. The fourth-order valence-corrected chi connectivity index (χ4v) is 3.66. The Morgan fingerprint density at radius 2 is 2.00 bits per heavy atom. The van der Waals surface area contributed by atoms with Gasteiger partial charge in [0.25, 0.3) is 5.69 Å². The van der Waals surface area contributed by atoms with Crippen molar-refractivity contribution in [2.75, 3.05) is 18.5 Å². The molecule has 3 N–H and O–H groups in total. The Morgan fingerprint density at radius 3 is 2.76 bits per heavy atom. The zero-order chi connectivity index (χ0) is 20.1. The molecule has 0 radical (unpaired) electrons. The molecule has 0 fully saturated rings. The number of aromatic nitrogens is 2. The highest BCUT2D eigenvalue weighted by molar-refractivity contribution is 6.32. The first-order chi connectivity index (χ1) is 14.0. The molecule has 1 unspecified atom stereocenters. The largest absolute Gasteiger partial charge is 0.489 e. The number of nitrogens with one attached hydrogen (secondary N) is 1. The Morgan fingerprint density at radius 1 is 1.24 bits per heavy atom. The molecule has 148 valence electrons. The highest BCUT2D eigenvalue weighted by Crippen LogP contribution is 2.40. The lowest BCUT2D eigenvalue weighted by molar-refractivity contribution is -0.384. The maximum Gasteiger partial charge on any atom is 0.288 e. The summed E-state index contributed by atoms with van der Waals surface area (Å²) in [5.74, 6) is 1.86. The molecule has 0 spiro atoms. The maximum absolute atomic E-state index is 11.3. The van der Waals surface area contributed by atoms with Gasteiger partial charge in [-0.15, -0.1) is 0 Å². The quantitative estimate of drug-likeness (QED) is 0.486.